The molecule has 0 saturated carbocycles. The first-order valence-corrected chi connectivity index (χ1v) is 8.40. The number of nitrogens with zero attached hydrogens (tertiary/aromatic N) is 3. The van der Waals surface area contributed by atoms with Gasteiger partial charge in [0.2, 0.25) is 5.91 Å². The average Bonchev–Trinajstić information content (AvgIpc) is 2.55. The Hall–Kier alpha value is -1.04. The maximum absolute atomic E-state index is 12.6. The highest BCUT2D eigenvalue weighted by molar-refractivity contribution is 6.30. The quantitative estimate of drug-likeness (QED) is 0.880. The van der Waals surface area contributed by atoms with Crippen LogP contribution in [0.5, 0.6) is 0 Å². The molecule has 0 aromatic carbocycles. The van der Waals surface area contributed by atoms with E-state index in [-0.39, 0.29) is 18.3 Å². The molecule has 7 heteroatoms. The molecule has 0 bridgehead atoms. The highest BCUT2D eigenvalue weighted by Crippen LogP contribution is 2.21. The lowest BCUT2D eigenvalue weighted by Crippen LogP contribution is -2.52. The minimum atomic E-state index is 0. The molecular weight excluding hydrogens is 335 g/mol. The average molecular weight is 359 g/mol. The monoisotopic (exact) mass is 358 g/mol. The van der Waals surface area contributed by atoms with Crippen molar-refractivity contribution in [3.05, 3.63) is 23.4 Å². The molecule has 0 aliphatic carbocycles. The minimum Gasteiger partial charge on any atom is -0.353 e. The van der Waals surface area contributed by atoms with E-state index in [1.165, 1.54) is 0 Å². The third-order valence-electron chi connectivity index (χ3n) is 4.60. The Balaban J connectivity index is 0.00000192. The standard InChI is InChI=1S/C16H23ClN4O.ClH/c1-12-10-13(4-5-18-12)16(22)21-8-6-20(7-9-21)15-3-2-14(17)11-19-15;/h2-3,11-13,18H,4-10H2,1H3;1H/t12-,13-;/m0./s1. The summed E-state index contributed by atoms with van der Waals surface area (Å²) >= 11 is 5.87. The van der Waals surface area contributed by atoms with Gasteiger partial charge in [-0.25, -0.2) is 4.98 Å². The number of halogens is 2. The molecular formula is C16H24Cl2N4O. The zero-order valence-electron chi connectivity index (χ0n) is 13.4. The van der Waals surface area contributed by atoms with Crippen molar-refractivity contribution in [2.24, 2.45) is 5.92 Å². The van der Waals surface area contributed by atoms with Crippen LogP contribution in [0.15, 0.2) is 18.3 Å². The lowest BCUT2D eigenvalue weighted by molar-refractivity contribution is -0.137. The summed E-state index contributed by atoms with van der Waals surface area (Å²) < 4.78 is 0. The molecule has 2 fully saturated rings. The maximum atomic E-state index is 12.6. The van der Waals surface area contributed by atoms with Gasteiger partial charge in [0.1, 0.15) is 5.82 Å². The van der Waals surface area contributed by atoms with E-state index in [1.54, 1.807) is 6.20 Å². The predicted octanol–water partition coefficient (Wildman–Crippen LogP) is 2.19. The van der Waals surface area contributed by atoms with Crippen LogP contribution >= 0.6 is 24.0 Å². The summed E-state index contributed by atoms with van der Waals surface area (Å²) in [6.07, 6.45) is 3.59. The van der Waals surface area contributed by atoms with Crippen molar-refractivity contribution in [3.8, 4) is 0 Å². The zero-order chi connectivity index (χ0) is 15.5. The lowest BCUT2D eigenvalue weighted by atomic mass is 9.92. The second-order valence-electron chi connectivity index (χ2n) is 6.22. The fraction of sp³-hybridized carbons (Fsp3) is 0.625. The molecule has 0 radical (unpaired) electrons. The summed E-state index contributed by atoms with van der Waals surface area (Å²) in [6, 6.07) is 4.24. The molecule has 128 valence electrons. The molecule has 23 heavy (non-hydrogen) atoms. The molecule has 0 unspecified atom stereocenters. The van der Waals surface area contributed by atoms with Crippen LogP contribution in [-0.2, 0) is 4.79 Å². The van der Waals surface area contributed by atoms with Gasteiger partial charge >= 0.3 is 0 Å². The maximum Gasteiger partial charge on any atom is 0.225 e. The van der Waals surface area contributed by atoms with E-state index in [2.05, 4.69) is 22.1 Å². The number of pyridine rings is 1. The largest absolute Gasteiger partial charge is 0.353 e. The molecule has 1 aromatic rings. The number of aromatic nitrogens is 1. The third-order valence-corrected chi connectivity index (χ3v) is 4.82. The Labute approximate surface area is 148 Å². The summed E-state index contributed by atoms with van der Waals surface area (Å²) in [5.74, 6) is 1.46. The number of hydrogen-bond donors (Lipinski definition) is 1. The first-order chi connectivity index (χ1) is 10.6. The summed E-state index contributed by atoms with van der Waals surface area (Å²) in [4.78, 5) is 21.2. The smallest absolute Gasteiger partial charge is 0.225 e. The second-order valence-corrected chi connectivity index (χ2v) is 6.66. The number of piperazine rings is 1. The van der Waals surface area contributed by atoms with Gasteiger partial charge in [0, 0.05) is 44.3 Å². The molecule has 2 aliphatic rings. The fourth-order valence-electron chi connectivity index (χ4n) is 3.33. The highest BCUT2D eigenvalue weighted by Gasteiger charge is 2.30. The molecule has 1 aromatic heterocycles. The predicted molar refractivity (Wildman–Crippen MR) is 95.5 cm³/mol. The van der Waals surface area contributed by atoms with Crippen LogP contribution in [0.3, 0.4) is 0 Å². The van der Waals surface area contributed by atoms with Crippen LogP contribution in [0, 0.1) is 5.92 Å². The van der Waals surface area contributed by atoms with Gasteiger partial charge in [-0.3, -0.25) is 4.79 Å². The van der Waals surface area contributed by atoms with Crippen molar-refractivity contribution in [1.29, 1.82) is 0 Å². The van der Waals surface area contributed by atoms with Crippen LogP contribution in [0.1, 0.15) is 19.8 Å². The van der Waals surface area contributed by atoms with E-state index < -0.39 is 0 Å². The lowest BCUT2D eigenvalue weighted by Gasteiger charge is -2.38. The van der Waals surface area contributed by atoms with Gasteiger partial charge in [-0.1, -0.05) is 11.6 Å². The number of carbonyl (C=O) groups is 1. The number of hydrogen-bond acceptors (Lipinski definition) is 4. The van der Waals surface area contributed by atoms with Gasteiger partial charge in [-0.2, -0.15) is 0 Å². The Morgan fingerprint density at radius 1 is 1.30 bits per heavy atom. The van der Waals surface area contributed by atoms with E-state index in [1.807, 2.05) is 17.0 Å². The molecule has 5 nitrogen and oxygen atoms in total. The molecule has 2 saturated heterocycles. The molecule has 2 atom stereocenters. The first-order valence-electron chi connectivity index (χ1n) is 8.02. The van der Waals surface area contributed by atoms with Crippen molar-refractivity contribution >= 4 is 35.7 Å². The Morgan fingerprint density at radius 3 is 2.65 bits per heavy atom. The Morgan fingerprint density at radius 2 is 2.04 bits per heavy atom. The zero-order valence-corrected chi connectivity index (χ0v) is 14.9. The van der Waals surface area contributed by atoms with Gasteiger partial charge in [0.15, 0.2) is 0 Å². The molecule has 0 spiro atoms. The van der Waals surface area contributed by atoms with Crippen molar-refractivity contribution in [1.82, 2.24) is 15.2 Å². The fourth-order valence-corrected chi connectivity index (χ4v) is 3.44. The Kier molecular flexibility index (Phi) is 6.50. The number of carbonyl (C=O) groups excluding carboxylic acids is 1. The van der Waals surface area contributed by atoms with Gasteiger partial charge in [-0.15, -0.1) is 12.4 Å². The molecule has 2 aliphatic heterocycles. The van der Waals surface area contributed by atoms with Crippen molar-refractivity contribution in [2.45, 2.75) is 25.8 Å². The van der Waals surface area contributed by atoms with Gasteiger partial charge in [-0.05, 0) is 38.4 Å². The van der Waals surface area contributed by atoms with Gasteiger partial charge in [0.05, 0.1) is 5.02 Å². The van der Waals surface area contributed by atoms with E-state index in [9.17, 15) is 4.79 Å². The van der Waals surface area contributed by atoms with E-state index in [0.717, 1.165) is 51.4 Å². The molecule has 3 rings (SSSR count). The number of rotatable bonds is 2. The number of nitrogens with one attached hydrogen (secondary N) is 1. The van der Waals surface area contributed by atoms with Crippen molar-refractivity contribution in [3.63, 3.8) is 0 Å². The van der Waals surface area contributed by atoms with Crippen LogP contribution < -0.4 is 10.2 Å². The minimum absolute atomic E-state index is 0. The van der Waals surface area contributed by atoms with Gasteiger partial charge in [0.25, 0.3) is 0 Å². The van der Waals surface area contributed by atoms with E-state index in [4.69, 9.17) is 11.6 Å². The SMILES string of the molecule is C[C@H]1C[C@@H](C(=O)N2CCN(c3ccc(Cl)cn3)CC2)CCN1.Cl. The van der Waals surface area contributed by atoms with E-state index >= 15 is 0 Å². The normalized spacial score (nSPS) is 25.0. The van der Waals surface area contributed by atoms with E-state index in [0.29, 0.717) is 17.0 Å². The summed E-state index contributed by atoms with van der Waals surface area (Å²) in [6.45, 7) is 6.33. The third kappa shape index (κ3) is 4.49. The Bertz CT molecular complexity index is 517. The van der Waals surface area contributed by atoms with Crippen LogP contribution in [0.2, 0.25) is 5.02 Å². The summed E-state index contributed by atoms with van der Waals surface area (Å²) in [5, 5.41) is 4.06. The second kappa shape index (κ2) is 8.18. The number of piperidine rings is 1. The van der Waals surface area contributed by atoms with Crippen molar-refractivity contribution in [2.75, 3.05) is 37.6 Å². The molecule has 1 amide bonds. The van der Waals surface area contributed by atoms with Crippen LogP contribution in [0.4, 0.5) is 5.82 Å². The molecule has 1 N–H and O–H groups in total. The molecule has 3 heterocycles. The van der Waals surface area contributed by atoms with Crippen LogP contribution in [0.25, 0.3) is 0 Å². The highest BCUT2D eigenvalue weighted by atomic mass is 35.5. The number of amides is 1. The summed E-state index contributed by atoms with van der Waals surface area (Å²) in [7, 11) is 0. The summed E-state index contributed by atoms with van der Waals surface area (Å²) in [5.41, 5.74) is 0. The van der Waals surface area contributed by atoms with Gasteiger partial charge < -0.3 is 15.1 Å². The first kappa shape index (κ1) is 18.3. The topological polar surface area (TPSA) is 48.5 Å². The van der Waals surface area contributed by atoms with Crippen molar-refractivity contribution < 1.29 is 4.79 Å². The number of anilines is 1. The van der Waals surface area contributed by atoms with Crippen LogP contribution in [-0.4, -0.2) is 54.6 Å².